The molecule has 0 aromatic carbocycles. The van der Waals surface area contributed by atoms with E-state index in [4.69, 9.17) is 4.74 Å². The molecule has 108 valence electrons. The molecule has 1 aromatic rings. The molecule has 1 saturated heterocycles. The lowest BCUT2D eigenvalue weighted by atomic mass is 9.91. The molecule has 0 spiro atoms. The van der Waals surface area contributed by atoms with Crippen LogP contribution in [-0.2, 0) is 11.3 Å². The summed E-state index contributed by atoms with van der Waals surface area (Å²) in [5, 5.41) is 17.6. The Hall–Kier alpha value is -0.910. The van der Waals surface area contributed by atoms with Gasteiger partial charge in [0.1, 0.15) is 0 Å². The monoisotopic (exact) mass is 267 g/mol. The lowest BCUT2D eigenvalue weighted by molar-refractivity contribution is 0.0110. The van der Waals surface area contributed by atoms with Gasteiger partial charge in [-0.1, -0.05) is 6.92 Å². The van der Waals surface area contributed by atoms with Gasteiger partial charge in [0, 0.05) is 37.5 Å². The fraction of sp³-hybridized carbons (Fsp3) is 0.786. The van der Waals surface area contributed by atoms with E-state index in [9.17, 15) is 5.11 Å². The summed E-state index contributed by atoms with van der Waals surface area (Å²) in [4.78, 5) is 0. The third-order valence-electron chi connectivity index (χ3n) is 4.10. The minimum Gasteiger partial charge on any atom is -0.394 e. The molecule has 0 aliphatic carbocycles. The van der Waals surface area contributed by atoms with Crippen molar-refractivity contribution in [2.75, 3.05) is 19.8 Å². The Bertz CT molecular complexity index is 386. The molecule has 1 fully saturated rings. The van der Waals surface area contributed by atoms with Gasteiger partial charge in [-0.05, 0) is 32.3 Å². The van der Waals surface area contributed by atoms with Crippen molar-refractivity contribution in [3.05, 3.63) is 18.0 Å². The summed E-state index contributed by atoms with van der Waals surface area (Å²) in [6.45, 7) is 6.61. The van der Waals surface area contributed by atoms with Crippen molar-refractivity contribution >= 4 is 0 Å². The van der Waals surface area contributed by atoms with Crippen LogP contribution < -0.4 is 5.32 Å². The first-order chi connectivity index (χ1) is 9.19. The van der Waals surface area contributed by atoms with Crippen LogP contribution in [0.15, 0.2) is 12.3 Å². The zero-order valence-electron chi connectivity index (χ0n) is 11.9. The maximum atomic E-state index is 9.61. The van der Waals surface area contributed by atoms with Gasteiger partial charge in [0.05, 0.1) is 12.3 Å². The second-order valence-corrected chi connectivity index (χ2v) is 5.45. The van der Waals surface area contributed by atoms with Crippen LogP contribution >= 0.6 is 0 Å². The highest BCUT2D eigenvalue weighted by Crippen LogP contribution is 2.20. The van der Waals surface area contributed by atoms with Crippen LogP contribution in [0, 0.1) is 0 Å². The minimum atomic E-state index is -0.196. The van der Waals surface area contributed by atoms with Crippen LogP contribution in [0.1, 0.15) is 44.8 Å². The van der Waals surface area contributed by atoms with Crippen LogP contribution in [0.3, 0.4) is 0 Å². The van der Waals surface area contributed by atoms with Gasteiger partial charge < -0.3 is 15.2 Å². The highest BCUT2D eigenvalue weighted by Gasteiger charge is 2.31. The number of rotatable bonds is 6. The van der Waals surface area contributed by atoms with Crippen molar-refractivity contribution in [1.29, 1.82) is 0 Å². The summed E-state index contributed by atoms with van der Waals surface area (Å²) < 4.78 is 7.36. The zero-order valence-corrected chi connectivity index (χ0v) is 11.9. The number of aliphatic hydroxyl groups is 1. The Morgan fingerprint density at radius 2 is 2.26 bits per heavy atom. The van der Waals surface area contributed by atoms with E-state index in [2.05, 4.69) is 24.3 Å². The minimum absolute atomic E-state index is 0.155. The molecule has 1 aliphatic heterocycles. The summed E-state index contributed by atoms with van der Waals surface area (Å²) in [7, 11) is 0. The molecule has 2 heterocycles. The van der Waals surface area contributed by atoms with Gasteiger partial charge in [0.2, 0.25) is 0 Å². The molecule has 1 unspecified atom stereocenters. The lowest BCUT2D eigenvalue weighted by Crippen LogP contribution is -2.51. The Balaban J connectivity index is 1.92. The van der Waals surface area contributed by atoms with E-state index in [-0.39, 0.29) is 12.1 Å². The molecule has 0 saturated carbocycles. The van der Waals surface area contributed by atoms with Crippen LogP contribution in [0.25, 0.3) is 0 Å². The van der Waals surface area contributed by atoms with E-state index < -0.39 is 0 Å². The Labute approximate surface area is 115 Å². The molecule has 19 heavy (non-hydrogen) atoms. The molecule has 5 heteroatoms. The SMILES string of the molecule is CCC(C)n1ccc(CNC2(CO)CCOCC2)n1. The number of aliphatic hydroxyl groups excluding tert-OH is 1. The number of aromatic nitrogens is 2. The van der Waals surface area contributed by atoms with Crippen molar-refractivity contribution in [1.82, 2.24) is 15.1 Å². The first-order valence-electron chi connectivity index (χ1n) is 7.17. The van der Waals surface area contributed by atoms with Gasteiger partial charge in [-0.15, -0.1) is 0 Å². The number of ether oxygens (including phenoxy) is 1. The molecule has 1 aliphatic rings. The fourth-order valence-corrected chi connectivity index (χ4v) is 2.34. The summed E-state index contributed by atoms with van der Waals surface area (Å²) in [6.07, 6.45) is 4.82. The van der Waals surface area contributed by atoms with Crippen molar-refractivity contribution in [2.45, 2.75) is 51.2 Å². The smallest absolute Gasteiger partial charge is 0.0762 e. The Morgan fingerprint density at radius 1 is 1.53 bits per heavy atom. The van der Waals surface area contributed by atoms with Crippen LogP contribution in [0.2, 0.25) is 0 Å². The lowest BCUT2D eigenvalue weighted by Gasteiger charge is -2.36. The van der Waals surface area contributed by atoms with Gasteiger partial charge in [-0.2, -0.15) is 5.10 Å². The third kappa shape index (κ3) is 3.55. The molecule has 2 rings (SSSR count). The molecule has 2 N–H and O–H groups in total. The van der Waals surface area contributed by atoms with Gasteiger partial charge >= 0.3 is 0 Å². The van der Waals surface area contributed by atoms with Gasteiger partial charge in [-0.25, -0.2) is 0 Å². The van der Waals surface area contributed by atoms with Crippen LogP contribution in [0.4, 0.5) is 0 Å². The largest absolute Gasteiger partial charge is 0.394 e. The first kappa shape index (κ1) is 14.5. The number of nitrogens with one attached hydrogen (secondary N) is 1. The predicted octanol–water partition coefficient (Wildman–Crippen LogP) is 1.49. The Kier molecular flexibility index (Phi) is 4.96. The van der Waals surface area contributed by atoms with Gasteiger partial charge in [0.15, 0.2) is 0 Å². The van der Waals surface area contributed by atoms with Crippen molar-refractivity contribution in [3.8, 4) is 0 Å². The summed E-state index contributed by atoms with van der Waals surface area (Å²) in [5.41, 5.74) is 0.831. The van der Waals surface area contributed by atoms with Crippen molar-refractivity contribution in [2.24, 2.45) is 0 Å². The number of hydrogen-bond acceptors (Lipinski definition) is 4. The van der Waals surface area contributed by atoms with E-state index >= 15 is 0 Å². The third-order valence-corrected chi connectivity index (χ3v) is 4.10. The van der Waals surface area contributed by atoms with Gasteiger partial charge in [0.25, 0.3) is 0 Å². The molecule has 0 bridgehead atoms. The second kappa shape index (κ2) is 6.50. The maximum Gasteiger partial charge on any atom is 0.0762 e. The average Bonchev–Trinajstić information content (AvgIpc) is 2.94. The fourth-order valence-electron chi connectivity index (χ4n) is 2.34. The molecule has 5 nitrogen and oxygen atoms in total. The molecule has 1 atom stereocenters. The van der Waals surface area contributed by atoms with E-state index in [1.54, 1.807) is 0 Å². The zero-order chi connectivity index (χ0) is 13.7. The van der Waals surface area contributed by atoms with Crippen molar-refractivity contribution < 1.29 is 9.84 Å². The molecule has 0 amide bonds. The topological polar surface area (TPSA) is 59.3 Å². The summed E-state index contributed by atoms with van der Waals surface area (Å²) in [6, 6.07) is 2.48. The highest BCUT2D eigenvalue weighted by molar-refractivity contribution is 5.01. The first-order valence-corrected chi connectivity index (χ1v) is 7.17. The Morgan fingerprint density at radius 3 is 2.89 bits per heavy atom. The number of hydrogen-bond donors (Lipinski definition) is 2. The van der Waals surface area contributed by atoms with E-state index in [0.717, 1.165) is 38.2 Å². The van der Waals surface area contributed by atoms with Gasteiger partial charge in [-0.3, -0.25) is 4.68 Å². The number of nitrogens with zero attached hydrogens (tertiary/aromatic N) is 2. The predicted molar refractivity (Wildman–Crippen MR) is 73.9 cm³/mol. The summed E-state index contributed by atoms with van der Waals surface area (Å²) in [5.74, 6) is 0. The average molecular weight is 267 g/mol. The van der Waals surface area contributed by atoms with Crippen molar-refractivity contribution in [3.63, 3.8) is 0 Å². The highest BCUT2D eigenvalue weighted by atomic mass is 16.5. The second-order valence-electron chi connectivity index (χ2n) is 5.45. The van der Waals surface area contributed by atoms with E-state index in [1.807, 2.05) is 16.9 Å². The maximum absolute atomic E-state index is 9.61. The molecular weight excluding hydrogens is 242 g/mol. The quantitative estimate of drug-likeness (QED) is 0.820. The van der Waals surface area contributed by atoms with Crippen LogP contribution in [-0.4, -0.2) is 40.2 Å². The summed E-state index contributed by atoms with van der Waals surface area (Å²) >= 11 is 0. The normalized spacial score (nSPS) is 20.4. The van der Waals surface area contributed by atoms with Crippen LogP contribution in [0.5, 0.6) is 0 Å². The molecule has 1 aromatic heterocycles. The van der Waals surface area contributed by atoms with E-state index in [1.165, 1.54) is 0 Å². The molecular formula is C14H25N3O2. The molecule has 0 radical (unpaired) electrons. The standard InChI is InChI=1S/C14H25N3O2/c1-3-12(2)17-7-4-13(16-17)10-15-14(11-18)5-8-19-9-6-14/h4,7,12,15,18H,3,5-6,8-11H2,1-2H3. The van der Waals surface area contributed by atoms with E-state index in [0.29, 0.717) is 12.6 Å².